The number of aromatic nitrogens is 4. The summed E-state index contributed by atoms with van der Waals surface area (Å²) in [5.74, 6) is 0.488. The smallest absolute Gasteiger partial charge is 0.187 e. The number of halogens is 3. The third kappa shape index (κ3) is 2.68. The minimum atomic E-state index is 0.445. The van der Waals surface area contributed by atoms with E-state index in [-0.39, 0.29) is 0 Å². The predicted octanol–water partition coefficient (Wildman–Crippen LogP) is 3.87. The third-order valence-electron chi connectivity index (χ3n) is 2.86. The molecule has 0 atom stereocenters. The van der Waals surface area contributed by atoms with Gasteiger partial charge in [-0.3, -0.25) is 0 Å². The Morgan fingerprint density at radius 3 is 2.48 bits per heavy atom. The Morgan fingerprint density at radius 2 is 1.71 bits per heavy atom. The molecule has 8 heteroatoms. The Morgan fingerprint density at radius 1 is 0.952 bits per heavy atom. The minimum Gasteiger partial charge on any atom is -0.398 e. The van der Waals surface area contributed by atoms with Crippen LogP contribution in [0.4, 0.5) is 5.69 Å². The quantitative estimate of drug-likeness (QED) is 0.719. The van der Waals surface area contributed by atoms with Crippen LogP contribution >= 0.6 is 34.8 Å². The molecule has 0 bridgehead atoms. The normalized spacial score (nSPS) is 10.8. The molecule has 3 aromatic rings. The van der Waals surface area contributed by atoms with E-state index >= 15 is 0 Å². The highest BCUT2D eigenvalue weighted by atomic mass is 35.5. The fraction of sp³-hybridized carbons (Fsp3) is 0. The summed E-state index contributed by atoms with van der Waals surface area (Å²) < 4.78 is 1.50. The summed E-state index contributed by atoms with van der Waals surface area (Å²) in [6.07, 6.45) is 0. The molecule has 0 amide bonds. The predicted molar refractivity (Wildman–Crippen MR) is 84.0 cm³/mol. The lowest BCUT2D eigenvalue weighted by Crippen LogP contribution is -2.01. The number of rotatable bonds is 2. The molecule has 1 aromatic heterocycles. The molecule has 0 saturated carbocycles. The summed E-state index contributed by atoms with van der Waals surface area (Å²) in [4.78, 5) is 0. The second-order valence-electron chi connectivity index (χ2n) is 4.25. The van der Waals surface area contributed by atoms with Gasteiger partial charge in [0, 0.05) is 10.6 Å². The summed E-state index contributed by atoms with van der Waals surface area (Å²) in [6, 6.07) is 10.2. The molecule has 106 valence electrons. The lowest BCUT2D eigenvalue weighted by Gasteiger charge is -2.08. The van der Waals surface area contributed by atoms with Gasteiger partial charge in [0.25, 0.3) is 0 Å². The second-order valence-corrected chi connectivity index (χ2v) is 5.50. The van der Waals surface area contributed by atoms with Crippen LogP contribution in [0.5, 0.6) is 0 Å². The van der Waals surface area contributed by atoms with Crippen LogP contribution in [0.2, 0.25) is 15.1 Å². The van der Waals surface area contributed by atoms with Crippen molar-refractivity contribution in [3.05, 3.63) is 51.5 Å². The van der Waals surface area contributed by atoms with Gasteiger partial charge in [-0.1, -0.05) is 34.8 Å². The molecule has 1 heterocycles. The monoisotopic (exact) mass is 339 g/mol. The Balaban J connectivity index is 2.17. The summed E-state index contributed by atoms with van der Waals surface area (Å²) >= 11 is 18.1. The first-order chi connectivity index (χ1) is 10.1. The Labute approximate surface area is 135 Å². The van der Waals surface area contributed by atoms with Gasteiger partial charge < -0.3 is 5.73 Å². The highest BCUT2D eigenvalue weighted by molar-refractivity contribution is 6.34. The van der Waals surface area contributed by atoms with Crippen LogP contribution in [0.15, 0.2) is 36.4 Å². The van der Waals surface area contributed by atoms with E-state index in [9.17, 15) is 0 Å². The third-order valence-corrected chi connectivity index (χ3v) is 3.76. The second kappa shape index (κ2) is 5.52. The number of anilines is 1. The van der Waals surface area contributed by atoms with E-state index in [2.05, 4.69) is 15.5 Å². The van der Waals surface area contributed by atoms with Crippen molar-refractivity contribution < 1.29 is 0 Å². The number of hydrogen-bond acceptors (Lipinski definition) is 4. The van der Waals surface area contributed by atoms with E-state index in [0.717, 1.165) is 5.56 Å². The van der Waals surface area contributed by atoms with Gasteiger partial charge >= 0.3 is 0 Å². The van der Waals surface area contributed by atoms with Crippen LogP contribution < -0.4 is 5.73 Å². The number of nitrogens with two attached hydrogens (primary N) is 1. The molecule has 0 unspecified atom stereocenters. The first-order valence-corrected chi connectivity index (χ1v) is 6.99. The number of benzene rings is 2. The molecule has 0 fully saturated rings. The maximum Gasteiger partial charge on any atom is 0.187 e. The zero-order valence-electron chi connectivity index (χ0n) is 10.5. The number of tetrazole rings is 1. The van der Waals surface area contributed by atoms with Crippen LogP contribution in [0, 0.1) is 0 Å². The van der Waals surface area contributed by atoms with E-state index in [1.165, 1.54) is 4.68 Å². The molecular formula is C13H8Cl3N5. The molecule has 0 radical (unpaired) electrons. The average Bonchev–Trinajstić information content (AvgIpc) is 2.93. The average molecular weight is 341 g/mol. The topological polar surface area (TPSA) is 69.6 Å². The molecule has 21 heavy (non-hydrogen) atoms. The molecule has 5 nitrogen and oxygen atoms in total. The largest absolute Gasteiger partial charge is 0.398 e. The van der Waals surface area contributed by atoms with Crippen molar-refractivity contribution in [2.75, 3.05) is 5.73 Å². The first-order valence-electron chi connectivity index (χ1n) is 5.85. The van der Waals surface area contributed by atoms with Gasteiger partial charge in [-0.2, -0.15) is 4.68 Å². The van der Waals surface area contributed by atoms with Crippen molar-refractivity contribution in [2.24, 2.45) is 0 Å². The van der Waals surface area contributed by atoms with E-state index in [1.807, 2.05) is 0 Å². The molecular weight excluding hydrogens is 333 g/mol. The molecule has 0 spiro atoms. The van der Waals surface area contributed by atoms with Crippen molar-refractivity contribution in [2.45, 2.75) is 0 Å². The van der Waals surface area contributed by atoms with Gasteiger partial charge in [0.1, 0.15) is 0 Å². The number of nitrogens with zero attached hydrogens (tertiary/aromatic N) is 4. The van der Waals surface area contributed by atoms with Crippen LogP contribution in [0.3, 0.4) is 0 Å². The van der Waals surface area contributed by atoms with Crippen LogP contribution in [0.25, 0.3) is 17.1 Å². The van der Waals surface area contributed by atoms with Gasteiger partial charge in [-0.15, -0.1) is 5.10 Å². The van der Waals surface area contributed by atoms with E-state index in [1.54, 1.807) is 36.4 Å². The molecule has 2 N–H and O–H groups in total. The van der Waals surface area contributed by atoms with Crippen LogP contribution in [-0.4, -0.2) is 20.2 Å². The SMILES string of the molecule is Nc1cc(-c2nnnn2-c2cc(Cl)ccc2Cl)ccc1Cl. The van der Waals surface area contributed by atoms with E-state index in [0.29, 0.717) is 32.3 Å². The first kappa shape index (κ1) is 14.1. The lowest BCUT2D eigenvalue weighted by atomic mass is 10.2. The molecule has 0 saturated heterocycles. The molecule has 3 rings (SSSR count). The summed E-state index contributed by atoms with van der Waals surface area (Å²) in [7, 11) is 0. The Kier molecular flexibility index (Phi) is 3.71. The van der Waals surface area contributed by atoms with Gasteiger partial charge in [0.2, 0.25) is 0 Å². The Hall–Kier alpha value is -1.82. The standard InChI is InChI=1S/C13H8Cl3N5/c14-8-2-4-10(16)12(6-8)21-13(18-19-20-21)7-1-3-9(15)11(17)5-7/h1-6H,17H2. The summed E-state index contributed by atoms with van der Waals surface area (Å²) in [6.45, 7) is 0. The maximum absolute atomic E-state index is 6.18. The fourth-order valence-electron chi connectivity index (χ4n) is 1.86. The van der Waals surface area contributed by atoms with Crippen LogP contribution in [-0.2, 0) is 0 Å². The van der Waals surface area contributed by atoms with Gasteiger partial charge in [-0.25, -0.2) is 0 Å². The van der Waals surface area contributed by atoms with Crippen molar-refractivity contribution in [3.63, 3.8) is 0 Å². The van der Waals surface area contributed by atoms with Crippen molar-refractivity contribution in [1.29, 1.82) is 0 Å². The number of hydrogen-bond donors (Lipinski definition) is 1. The minimum absolute atomic E-state index is 0.445. The van der Waals surface area contributed by atoms with Gasteiger partial charge in [0.15, 0.2) is 5.82 Å². The maximum atomic E-state index is 6.18. The van der Waals surface area contributed by atoms with E-state index in [4.69, 9.17) is 40.5 Å². The highest BCUT2D eigenvalue weighted by Gasteiger charge is 2.14. The van der Waals surface area contributed by atoms with Crippen LogP contribution in [0.1, 0.15) is 0 Å². The van der Waals surface area contributed by atoms with Gasteiger partial charge in [-0.05, 0) is 46.8 Å². The van der Waals surface area contributed by atoms with Crippen molar-refractivity contribution in [3.8, 4) is 17.1 Å². The molecule has 0 aliphatic rings. The summed E-state index contributed by atoms with van der Waals surface area (Å²) in [5.41, 5.74) is 7.56. The fourth-order valence-corrected chi connectivity index (χ4v) is 2.34. The zero-order chi connectivity index (χ0) is 15.0. The summed E-state index contributed by atoms with van der Waals surface area (Å²) in [5, 5.41) is 13.1. The molecule has 0 aliphatic heterocycles. The molecule has 2 aromatic carbocycles. The Bertz CT molecular complexity index is 815. The zero-order valence-corrected chi connectivity index (χ0v) is 12.7. The molecule has 0 aliphatic carbocycles. The van der Waals surface area contributed by atoms with Gasteiger partial charge in [0.05, 0.1) is 21.4 Å². The highest BCUT2D eigenvalue weighted by Crippen LogP contribution is 2.29. The lowest BCUT2D eigenvalue weighted by molar-refractivity contribution is 0.791. The van der Waals surface area contributed by atoms with Crippen molar-refractivity contribution in [1.82, 2.24) is 20.2 Å². The number of nitrogen functional groups attached to an aromatic ring is 1. The van der Waals surface area contributed by atoms with E-state index < -0.39 is 0 Å². The van der Waals surface area contributed by atoms with Crippen molar-refractivity contribution >= 4 is 40.5 Å².